The molecular weight excluding hydrogens is 166 g/mol. The summed E-state index contributed by atoms with van der Waals surface area (Å²) in [4.78, 5) is 13.1. The second-order valence-corrected chi connectivity index (χ2v) is 3.84. The van der Waals surface area contributed by atoms with Crippen LogP contribution in [-0.2, 0) is 9.53 Å². The van der Waals surface area contributed by atoms with E-state index in [4.69, 9.17) is 4.74 Å². The monoisotopic (exact) mass is 181 g/mol. The highest BCUT2D eigenvalue weighted by atomic mass is 16.5. The number of nitrogens with zero attached hydrogens (tertiary/aromatic N) is 1. The van der Waals surface area contributed by atoms with E-state index >= 15 is 0 Å². The fourth-order valence-electron chi connectivity index (χ4n) is 2.17. The van der Waals surface area contributed by atoms with Gasteiger partial charge >= 0.3 is 0 Å². The van der Waals surface area contributed by atoms with Crippen LogP contribution in [0.2, 0.25) is 0 Å². The van der Waals surface area contributed by atoms with Crippen LogP contribution in [0.5, 0.6) is 0 Å². The average Bonchev–Trinajstić information content (AvgIpc) is 2.62. The van der Waals surface area contributed by atoms with Gasteiger partial charge in [0, 0.05) is 19.9 Å². The summed E-state index contributed by atoms with van der Waals surface area (Å²) in [5.74, 6) is 1.11. The molecule has 2 fully saturated rings. The van der Waals surface area contributed by atoms with Crippen molar-refractivity contribution in [3.63, 3.8) is 0 Å². The molecular formula is C10H15NO2. The van der Waals surface area contributed by atoms with E-state index in [0.717, 1.165) is 25.0 Å². The molecule has 0 spiro atoms. The van der Waals surface area contributed by atoms with Crippen LogP contribution >= 0.6 is 0 Å². The molecule has 0 saturated carbocycles. The SMILES string of the molecule is C=C1CC[C@@H]([C@@H]2CCC(=O)N2C)O1. The summed E-state index contributed by atoms with van der Waals surface area (Å²) < 4.78 is 5.58. The second-order valence-electron chi connectivity index (χ2n) is 3.84. The van der Waals surface area contributed by atoms with E-state index in [1.54, 1.807) is 0 Å². The molecule has 0 radical (unpaired) electrons. The summed E-state index contributed by atoms with van der Waals surface area (Å²) in [5, 5.41) is 0. The van der Waals surface area contributed by atoms with Crippen LogP contribution in [0.1, 0.15) is 25.7 Å². The number of amides is 1. The normalized spacial score (nSPS) is 34.1. The van der Waals surface area contributed by atoms with Crippen molar-refractivity contribution in [2.45, 2.75) is 37.8 Å². The molecule has 2 saturated heterocycles. The Kier molecular flexibility index (Phi) is 2.02. The second kappa shape index (κ2) is 3.05. The van der Waals surface area contributed by atoms with Crippen LogP contribution in [0, 0.1) is 0 Å². The van der Waals surface area contributed by atoms with E-state index in [-0.39, 0.29) is 18.1 Å². The minimum atomic E-state index is 0.198. The van der Waals surface area contributed by atoms with Crippen molar-refractivity contribution >= 4 is 5.91 Å². The van der Waals surface area contributed by atoms with Crippen molar-refractivity contribution in [1.29, 1.82) is 0 Å². The van der Waals surface area contributed by atoms with Crippen molar-refractivity contribution in [3.05, 3.63) is 12.3 Å². The van der Waals surface area contributed by atoms with E-state index in [1.165, 1.54) is 0 Å². The van der Waals surface area contributed by atoms with E-state index in [2.05, 4.69) is 6.58 Å². The van der Waals surface area contributed by atoms with Gasteiger partial charge in [-0.25, -0.2) is 0 Å². The van der Waals surface area contributed by atoms with Gasteiger partial charge in [-0.3, -0.25) is 4.79 Å². The van der Waals surface area contributed by atoms with Crippen molar-refractivity contribution in [2.24, 2.45) is 0 Å². The molecule has 3 nitrogen and oxygen atoms in total. The number of carbonyl (C=O) groups excluding carboxylic acids is 1. The summed E-state index contributed by atoms with van der Waals surface area (Å²) in [6, 6.07) is 0.284. The highest BCUT2D eigenvalue weighted by Gasteiger charge is 2.37. The molecule has 0 N–H and O–H groups in total. The maximum Gasteiger partial charge on any atom is 0.222 e. The highest BCUT2D eigenvalue weighted by Crippen LogP contribution is 2.30. The van der Waals surface area contributed by atoms with Gasteiger partial charge in [0.05, 0.1) is 11.8 Å². The van der Waals surface area contributed by atoms with E-state index < -0.39 is 0 Å². The quantitative estimate of drug-likeness (QED) is 0.610. The summed E-state index contributed by atoms with van der Waals surface area (Å²) >= 11 is 0. The number of likely N-dealkylation sites (N-methyl/N-ethyl adjacent to an activating group) is 1. The Balaban J connectivity index is 2.02. The number of likely N-dealkylation sites (tertiary alicyclic amines) is 1. The first-order chi connectivity index (χ1) is 6.18. The number of allylic oxidation sites excluding steroid dienone is 1. The van der Waals surface area contributed by atoms with Crippen LogP contribution in [0.15, 0.2) is 12.3 Å². The maximum absolute atomic E-state index is 11.3. The van der Waals surface area contributed by atoms with Crippen molar-refractivity contribution in [1.82, 2.24) is 4.90 Å². The zero-order chi connectivity index (χ0) is 9.42. The Bertz CT molecular complexity index is 249. The lowest BCUT2D eigenvalue weighted by atomic mass is 10.1. The van der Waals surface area contributed by atoms with Gasteiger partial charge in [0.25, 0.3) is 0 Å². The molecule has 3 heteroatoms. The Morgan fingerprint density at radius 1 is 1.46 bits per heavy atom. The molecule has 2 rings (SSSR count). The molecule has 0 aromatic heterocycles. The Morgan fingerprint density at radius 3 is 2.69 bits per heavy atom. The Morgan fingerprint density at radius 2 is 2.23 bits per heavy atom. The zero-order valence-corrected chi connectivity index (χ0v) is 7.95. The molecule has 1 amide bonds. The van der Waals surface area contributed by atoms with E-state index in [9.17, 15) is 4.79 Å². The van der Waals surface area contributed by atoms with Crippen LogP contribution in [0.25, 0.3) is 0 Å². The Hall–Kier alpha value is -0.990. The average molecular weight is 181 g/mol. The number of ether oxygens (including phenoxy) is 1. The summed E-state index contributed by atoms with van der Waals surface area (Å²) in [6.45, 7) is 3.79. The molecule has 2 heterocycles. The first kappa shape index (κ1) is 8.60. The number of hydrogen-bond acceptors (Lipinski definition) is 2. The summed E-state index contributed by atoms with van der Waals surface area (Å²) in [7, 11) is 1.87. The predicted octanol–water partition coefficient (Wildman–Crippen LogP) is 1.30. The molecule has 2 atom stereocenters. The number of hydrogen-bond donors (Lipinski definition) is 0. The lowest BCUT2D eigenvalue weighted by Gasteiger charge is -2.25. The molecule has 0 unspecified atom stereocenters. The lowest BCUT2D eigenvalue weighted by Crippen LogP contribution is -2.37. The Labute approximate surface area is 78.4 Å². The molecule has 0 aromatic rings. The predicted molar refractivity (Wildman–Crippen MR) is 49.0 cm³/mol. The van der Waals surface area contributed by atoms with Gasteiger partial charge in [-0.15, -0.1) is 0 Å². The highest BCUT2D eigenvalue weighted by molar-refractivity contribution is 5.78. The van der Waals surface area contributed by atoms with E-state index in [0.29, 0.717) is 6.42 Å². The topological polar surface area (TPSA) is 29.5 Å². The summed E-state index contributed by atoms with van der Waals surface area (Å²) in [5.41, 5.74) is 0. The van der Waals surface area contributed by atoms with E-state index in [1.807, 2.05) is 11.9 Å². The molecule has 72 valence electrons. The third-order valence-electron chi connectivity index (χ3n) is 3.00. The van der Waals surface area contributed by atoms with Gasteiger partial charge < -0.3 is 9.64 Å². The third-order valence-corrected chi connectivity index (χ3v) is 3.00. The van der Waals surface area contributed by atoms with Gasteiger partial charge in [-0.2, -0.15) is 0 Å². The minimum absolute atomic E-state index is 0.198. The smallest absolute Gasteiger partial charge is 0.222 e. The van der Waals surface area contributed by atoms with Crippen molar-refractivity contribution < 1.29 is 9.53 Å². The van der Waals surface area contributed by atoms with Crippen molar-refractivity contribution in [2.75, 3.05) is 7.05 Å². The number of rotatable bonds is 1. The van der Waals surface area contributed by atoms with Gasteiger partial charge in [-0.1, -0.05) is 6.58 Å². The largest absolute Gasteiger partial charge is 0.493 e. The van der Waals surface area contributed by atoms with Gasteiger partial charge in [0.1, 0.15) is 6.10 Å². The zero-order valence-electron chi connectivity index (χ0n) is 7.95. The van der Waals surface area contributed by atoms with Crippen LogP contribution in [-0.4, -0.2) is 30.0 Å². The molecule has 2 aliphatic rings. The van der Waals surface area contributed by atoms with Crippen LogP contribution in [0.3, 0.4) is 0 Å². The number of carbonyl (C=O) groups is 1. The standard InChI is InChI=1S/C10H15NO2/c1-7-3-5-9(13-7)8-4-6-10(12)11(8)2/h8-9H,1,3-6H2,2H3/t8-,9-/m0/s1. The molecule has 2 aliphatic heterocycles. The molecule has 0 aromatic carbocycles. The fraction of sp³-hybridized carbons (Fsp3) is 0.700. The minimum Gasteiger partial charge on any atom is -0.493 e. The van der Waals surface area contributed by atoms with Gasteiger partial charge in [0.2, 0.25) is 5.91 Å². The van der Waals surface area contributed by atoms with Gasteiger partial charge in [-0.05, 0) is 12.8 Å². The summed E-state index contributed by atoms with van der Waals surface area (Å²) in [6.07, 6.45) is 3.77. The molecule has 0 aliphatic carbocycles. The van der Waals surface area contributed by atoms with Crippen molar-refractivity contribution in [3.8, 4) is 0 Å². The van der Waals surface area contributed by atoms with Gasteiger partial charge in [0.15, 0.2) is 0 Å². The molecule has 13 heavy (non-hydrogen) atoms. The maximum atomic E-state index is 11.3. The van der Waals surface area contributed by atoms with Crippen LogP contribution < -0.4 is 0 Å². The molecule has 0 bridgehead atoms. The first-order valence-electron chi connectivity index (χ1n) is 4.78. The van der Waals surface area contributed by atoms with Crippen LogP contribution in [0.4, 0.5) is 0 Å². The first-order valence-corrected chi connectivity index (χ1v) is 4.78. The fourth-order valence-corrected chi connectivity index (χ4v) is 2.17. The lowest BCUT2D eigenvalue weighted by molar-refractivity contribution is -0.128. The third kappa shape index (κ3) is 1.43.